The number of hydrogen-bond donors (Lipinski definition) is 2. The number of nitro groups is 1. The molecule has 3 unspecified atom stereocenters. The van der Waals surface area contributed by atoms with Gasteiger partial charge in [-0.3, -0.25) is 19.8 Å². The van der Waals surface area contributed by atoms with Crippen molar-refractivity contribution < 1.29 is 14.8 Å². The number of hydrogen-bond acceptors (Lipinski definition) is 5. The van der Waals surface area contributed by atoms with Gasteiger partial charge in [0, 0.05) is 18.7 Å². The van der Waals surface area contributed by atoms with Crippen LogP contribution in [0, 0.1) is 16.0 Å². The van der Waals surface area contributed by atoms with Crippen molar-refractivity contribution in [3.8, 4) is 0 Å². The molecule has 0 bridgehead atoms. The van der Waals surface area contributed by atoms with Gasteiger partial charge < -0.3 is 10.4 Å². The van der Waals surface area contributed by atoms with Crippen molar-refractivity contribution in [3.63, 3.8) is 0 Å². The van der Waals surface area contributed by atoms with Gasteiger partial charge in [0.2, 0.25) is 5.91 Å². The zero-order valence-corrected chi connectivity index (χ0v) is 13.8. The summed E-state index contributed by atoms with van der Waals surface area (Å²) < 4.78 is 0. The number of carbonyl (C=O) groups is 1. The van der Waals surface area contributed by atoms with Crippen LogP contribution in [0.3, 0.4) is 0 Å². The number of amides is 1. The maximum absolute atomic E-state index is 12.3. The second-order valence-corrected chi connectivity index (χ2v) is 6.28. The maximum atomic E-state index is 12.3. The number of benzene rings is 1. The molecule has 1 aromatic carbocycles. The average Bonchev–Trinajstić information content (AvgIpc) is 2.98. The Morgan fingerprint density at radius 1 is 1.52 bits per heavy atom. The first-order valence-corrected chi connectivity index (χ1v) is 7.84. The molecule has 0 aromatic heterocycles. The second-order valence-electron chi connectivity index (χ2n) is 5.87. The van der Waals surface area contributed by atoms with E-state index in [1.807, 2.05) is 4.90 Å². The van der Waals surface area contributed by atoms with Crippen LogP contribution in [0.4, 0.5) is 11.4 Å². The van der Waals surface area contributed by atoms with Crippen LogP contribution in [0.1, 0.15) is 20.3 Å². The number of anilines is 1. The lowest BCUT2D eigenvalue weighted by molar-refractivity contribution is -0.384. The van der Waals surface area contributed by atoms with Gasteiger partial charge in [-0.05, 0) is 38.8 Å². The van der Waals surface area contributed by atoms with Gasteiger partial charge in [-0.25, -0.2) is 0 Å². The Balaban J connectivity index is 2.00. The Labute approximate surface area is 139 Å². The number of halogens is 1. The molecule has 1 aliphatic heterocycles. The first-order valence-electron chi connectivity index (χ1n) is 7.46. The van der Waals surface area contributed by atoms with Crippen molar-refractivity contribution >= 4 is 28.9 Å². The highest BCUT2D eigenvalue weighted by atomic mass is 35.5. The summed E-state index contributed by atoms with van der Waals surface area (Å²) in [5, 5.41) is 23.1. The third-order valence-electron chi connectivity index (χ3n) is 4.29. The van der Waals surface area contributed by atoms with E-state index in [4.69, 9.17) is 11.6 Å². The Hall–Kier alpha value is -1.70. The zero-order valence-electron chi connectivity index (χ0n) is 13.0. The number of aliphatic hydroxyl groups is 1. The molecule has 0 aliphatic carbocycles. The minimum Gasteiger partial charge on any atom is -0.393 e. The molecule has 1 aromatic rings. The average molecular weight is 342 g/mol. The fourth-order valence-electron chi connectivity index (χ4n) is 2.68. The minimum atomic E-state index is -0.541. The molecule has 7 nitrogen and oxygen atoms in total. The molecule has 23 heavy (non-hydrogen) atoms. The van der Waals surface area contributed by atoms with Crippen molar-refractivity contribution in [2.45, 2.75) is 32.4 Å². The molecule has 3 atom stereocenters. The van der Waals surface area contributed by atoms with E-state index in [2.05, 4.69) is 5.32 Å². The highest BCUT2D eigenvalue weighted by molar-refractivity contribution is 6.34. The number of nitrogens with one attached hydrogen (secondary N) is 1. The molecule has 0 radical (unpaired) electrons. The highest BCUT2D eigenvalue weighted by Gasteiger charge is 2.31. The quantitative estimate of drug-likeness (QED) is 0.632. The van der Waals surface area contributed by atoms with E-state index in [-0.39, 0.29) is 34.7 Å². The van der Waals surface area contributed by atoms with E-state index >= 15 is 0 Å². The first kappa shape index (κ1) is 17.7. The summed E-state index contributed by atoms with van der Waals surface area (Å²) in [7, 11) is 0. The number of carbonyl (C=O) groups excluding carboxylic acids is 1. The molecule has 1 saturated heterocycles. The topological polar surface area (TPSA) is 95.7 Å². The van der Waals surface area contributed by atoms with E-state index in [0.29, 0.717) is 12.2 Å². The van der Waals surface area contributed by atoms with Crippen LogP contribution in [0.5, 0.6) is 0 Å². The van der Waals surface area contributed by atoms with E-state index < -0.39 is 4.92 Å². The van der Waals surface area contributed by atoms with Gasteiger partial charge in [0.25, 0.3) is 5.69 Å². The standard InChI is InChI=1S/C15H20ClN3O4/c1-9(18-6-5-11(8-18)10(2)20)15(21)17-14-4-3-12(19(22)23)7-13(14)16/h3-4,7,9-11,20H,5-6,8H2,1-2H3,(H,17,21). The third-order valence-corrected chi connectivity index (χ3v) is 4.60. The largest absolute Gasteiger partial charge is 0.393 e. The number of nitrogens with zero attached hydrogens (tertiary/aromatic N) is 2. The van der Waals surface area contributed by atoms with Crippen LogP contribution in [0.25, 0.3) is 0 Å². The number of likely N-dealkylation sites (tertiary alicyclic amines) is 1. The number of nitro benzene ring substituents is 1. The van der Waals surface area contributed by atoms with Crippen molar-refractivity contribution in [3.05, 3.63) is 33.3 Å². The van der Waals surface area contributed by atoms with Crippen molar-refractivity contribution in [2.24, 2.45) is 5.92 Å². The fourth-order valence-corrected chi connectivity index (χ4v) is 2.90. The van der Waals surface area contributed by atoms with Gasteiger partial charge in [-0.1, -0.05) is 11.6 Å². The molecule has 1 amide bonds. The van der Waals surface area contributed by atoms with Crippen molar-refractivity contribution in [1.82, 2.24) is 4.90 Å². The van der Waals surface area contributed by atoms with Crippen LogP contribution in [0.2, 0.25) is 5.02 Å². The molecule has 0 spiro atoms. The molecule has 2 rings (SSSR count). The van der Waals surface area contributed by atoms with Gasteiger partial charge in [0.1, 0.15) is 0 Å². The van der Waals surface area contributed by atoms with Crippen molar-refractivity contribution in [2.75, 3.05) is 18.4 Å². The molecule has 2 N–H and O–H groups in total. The summed E-state index contributed by atoms with van der Waals surface area (Å²) in [6, 6.07) is 3.56. The monoisotopic (exact) mass is 341 g/mol. The molecule has 0 saturated carbocycles. The Morgan fingerprint density at radius 2 is 2.22 bits per heavy atom. The summed E-state index contributed by atoms with van der Waals surface area (Å²) in [6.45, 7) is 4.97. The van der Waals surface area contributed by atoms with Crippen LogP contribution < -0.4 is 5.32 Å². The van der Waals surface area contributed by atoms with Gasteiger partial charge in [0.15, 0.2) is 0 Å². The normalized spacial score (nSPS) is 21.0. The predicted molar refractivity (Wildman–Crippen MR) is 87.6 cm³/mol. The van der Waals surface area contributed by atoms with Gasteiger partial charge in [0.05, 0.1) is 27.8 Å². The molecular formula is C15H20ClN3O4. The smallest absolute Gasteiger partial charge is 0.271 e. The number of rotatable bonds is 5. The lowest BCUT2D eigenvalue weighted by Gasteiger charge is -2.24. The van der Waals surface area contributed by atoms with Crippen LogP contribution >= 0.6 is 11.6 Å². The van der Waals surface area contributed by atoms with E-state index in [1.54, 1.807) is 13.8 Å². The SMILES string of the molecule is CC(O)C1CCN(C(C)C(=O)Nc2ccc([N+](=O)[O-])cc2Cl)C1. The zero-order chi connectivity index (χ0) is 17.1. The van der Waals surface area contributed by atoms with Gasteiger partial charge >= 0.3 is 0 Å². The highest BCUT2D eigenvalue weighted by Crippen LogP contribution is 2.27. The summed E-state index contributed by atoms with van der Waals surface area (Å²) >= 11 is 5.98. The van der Waals surface area contributed by atoms with Crippen LogP contribution in [0.15, 0.2) is 18.2 Å². The molecular weight excluding hydrogens is 322 g/mol. The minimum absolute atomic E-state index is 0.125. The van der Waals surface area contributed by atoms with Crippen LogP contribution in [-0.4, -0.2) is 46.1 Å². The Kier molecular flexibility index (Phi) is 5.56. The van der Waals surface area contributed by atoms with Gasteiger partial charge in [-0.2, -0.15) is 0 Å². The number of aliphatic hydroxyl groups excluding tert-OH is 1. The predicted octanol–water partition coefficient (Wildman–Crippen LogP) is 2.28. The van der Waals surface area contributed by atoms with E-state index in [1.165, 1.54) is 18.2 Å². The fraction of sp³-hybridized carbons (Fsp3) is 0.533. The third kappa shape index (κ3) is 4.19. The molecule has 126 valence electrons. The molecule has 1 heterocycles. The molecule has 8 heteroatoms. The van der Waals surface area contributed by atoms with E-state index in [9.17, 15) is 20.0 Å². The second kappa shape index (κ2) is 7.25. The summed E-state index contributed by atoms with van der Waals surface area (Å²) in [4.78, 5) is 24.5. The molecule has 1 fully saturated rings. The summed E-state index contributed by atoms with van der Waals surface area (Å²) in [5.74, 6) is -0.0554. The van der Waals surface area contributed by atoms with E-state index in [0.717, 1.165) is 13.0 Å². The van der Waals surface area contributed by atoms with Gasteiger partial charge in [-0.15, -0.1) is 0 Å². The first-order chi connectivity index (χ1) is 10.8. The Bertz CT molecular complexity index is 608. The molecule has 1 aliphatic rings. The summed E-state index contributed by atoms with van der Waals surface area (Å²) in [6.07, 6.45) is 0.465. The maximum Gasteiger partial charge on any atom is 0.271 e. The lowest BCUT2D eigenvalue weighted by Crippen LogP contribution is -2.41. The van der Waals surface area contributed by atoms with Crippen molar-refractivity contribution in [1.29, 1.82) is 0 Å². The Morgan fingerprint density at radius 3 is 2.74 bits per heavy atom. The summed E-state index contributed by atoms with van der Waals surface area (Å²) in [5.41, 5.74) is 0.223. The van der Waals surface area contributed by atoms with Crippen LogP contribution in [-0.2, 0) is 4.79 Å². The lowest BCUT2D eigenvalue weighted by atomic mass is 10.0. The number of non-ortho nitro benzene ring substituents is 1.